The Bertz CT molecular complexity index is 1500. The third-order valence-corrected chi connectivity index (χ3v) is 8.20. The van der Waals surface area contributed by atoms with E-state index in [1.807, 2.05) is 18.2 Å². The van der Waals surface area contributed by atoms with Gasteiger partial charge in [-0.05, 0) is 66.2 Å². The van der Waals surface area contributed by atoms with E-state index in [2.05, 4.69) is 21.2 Å². The molecule has 0 saturated carbocycles. The molecule has 37 heavy (non-hydrogen) atoms. The van der Waals surface area contributed by atoms with Gasteiger partial charge < -0.3 is 10.1 Å². The second kappa shape index (κ2) is 12.1. The standard InChI is InChI=1S/C27H21BrCl2N2O4S/c28-20-10-13-23(14-11-20)37(34,35)32(17-19-6-4-5-9-24(19)30)18-27(33)31-25-16-21(29)12-15-26(25)36-22-7-2-1-3-8-22/h1-16H,17-18H2,(H,31,33). The van der Waals surface area contributed by atoms with Crippen LogP contribution in [0.1, 0.15) is 5.56 Å². The zero-order valence-electron chi connectivity index (χ0n) is 19.3. The van der Waals surface area contributed by atoms with E-state index in [0.29, 0.717) is 32.8 Å². The number of carbonyl (C=O) groups is 1. The second-order valence-electron chi connectivity index (χ2n) is 7.92. The normalized spacial score (nSPS) is 11.4. The van der Waals surface area contributed by atoms with E-state index in [0.717, 1.165) is 8.78 Å². The fraction of sp³-hybridized carbons (Fsp3) is 0.0741. The first-order valence-electron chi connectivity index (χ1n) is 11.0. The Kier molecular flexibility index (Phi) is 8.89. The van der Waals surface area contributed by atoms with E-state index < -0.39 is 22.5 Å². The number of nitrogens with one attached hydrogen (secondary N) is 1. The van der Waals surface area contributed by atoms with E-state index in [-0.39, 0.29) is 11.4 Å². The first-order valence-corrected chi connectivity index (χ1v) is 14.0. The van der Waals surface area contributed by atoms with E-state index in [1.54, 1.807) is 66.7 Å². The van der Waals surface area contributed by atoms with E-state index >= 15 is 0 Å². The van der Waals surface area contributed by atoms with E-state index in [9.17, 15) is 13.2 Å². The van der Waals surface area contributed by atoms with Crippen LogP contribution in [0.4, 0.5) is 5.69 Å². The summed E-state index contributed by atoms with van der Waals surface area (Å²) < 4.78 is 34.8. The Morgan fingerprint density at radius 2 is 1.57 bits per heavy atom. The highest BCUT2D eigenvalue weighted by molar-refractivity contribution is 9.10. The van der Waals surface area contributed by atoms with E-state index in [1.165, 1.54) is 12.1 Å². The third kappa shape index (κ3) is 7.12. The van der Waals surface area contributed by atoms with Crippen molar-refractivity contribution >= 4 is 60.7 Å². The van der Waals surface area contributed by atoms with Gasteiger partial charge in [0.15, 0.2) is 5.75 Å². The summed E-state index contributed by atoms with van der Waals surface area (Å²) in [6, 6.07) is 26.9. The summed E-state index contributed by atoms with van der Waals surface area (Å²) in [5.74, 6) is 0.351. The molecule has 1 N–H and O–H groups in total. The fourth-order valence-corrected chi connectivity index (χ4v) is 5.46. The fourth-order valence-electron chi connectivity index (χ4n) is 3.45. The van der Waals surface area contributed by atoms with Crippen molar-refractivity contribution in [3.63, 3.8) is 0 Å². The van der Waals surface area contributed by atoms with Crippen molar-refractivity contribution in [2.45, 2.75) is 11.4 Å². The van der Waals surface area contributed by atoms with Gasteiger partial charge >= 0.3 is 0 Å². The summed E-state index contributed by atoms with van der Waals surface area (Å²) in [4.78, 5) is 13.2. The molecule has 1 amide bonds. The molecule has 0 atom stereocenters. The lowest BCUT2D eigenvalue weighted by Gasteiger charge is -2.23. The van der Waals surface area contributed by atoms with Crippen LogP contribution in [0.5, 0.6) is 11.5 Å². The average Bonchev–Trinajstić information content (AvgIpc) is 2.87. The Hall–Kier alpha value is -2.88. The first-order chi connectivity index (χ1) is 17.7. The highest BCUT2D eigenvalue weighted by Gasteiger charge is 2.28. The Morgan fingerprint density at radius 3 is 2.27 bits per heavy atom. The van der Waals surface area contributed by atoms with Crippen LogP contribution in [-0.2, 0) is 21.4 Å². The summed E-state index contributed by atoms with van der Waals surface area (Å²) >= 11 is 15.8. The maximum atomic E-state index is 13.6. The lowest BCUT2D eigenvalue weighted by molar-refractivity contribution is -0.116. The number of para-hydroxylation sites is 1. The average molecular weight is 620 g/mol. The molecule has 4 rings (SSSR count). The highest BCUT2D eigenvalue weighted by Crippen LogP contribution is 2.32. The van der Waals surface area contributed by atoms with Gasteiger partial charge in [0, 0.05) is 21.1 Å². The molecule has 0 saturated heterocycles. The molecule has 0 bridgehead atoms. The quantitative estimate of drug-likeness (QED) is 0.212. The van der Waals surface area contributed by atoms with Gasteiger partial charge in [0.25, 0.3) is 0 Å². The maximum absolute atomic E-state index is 13.6. The summed E-state index contributed by atoms with van der Waals surface area (Å²) in [6.45, 7) is -0.574. The van der Waals surface area contributed by atoms with Crippen molar-refractivity contribution in [1.29, 1.82) is 0 Å². The molecule has 0 unspecified atom stereocenters. The largest absolute Gasteiger partial charge is 0.455 e. The lowest BCUT2D eigenvalue weighted by Crippen LogP contribution is -2.37. The van der Waals surface area contributed by atoms with E-state index in [4.69, 9.17) is 27.9 Å². The van der Waals surface area contributed by atoms with Crippen molar-refractivity contribution in [2.24, 2.45) is 0 Å². The molecule has 0 spiro atoms. The number of sulfonamides is 1. The van der Waals surface area contributed by atoms with Crippen molar-refractivity contribution < 1.29 is 17.9 Å². The van der Waals surface area contributed by atoms with Crippen LogP contribution in [0.3, 0.4) is 0 Å². The smallest absolute Gasteiger partial charge is 0.243 e. The number of nitrogens with zero attached hydrogens (tertiary/aromatic N) is 1. The molecule has 6 nitrogen and oxygen atoms in total. The molecule has 0 aliphatic rings. The number of halogens is 3. The Morgan fingerprint density at radius 1 is 0.892 bits per heavy atom. The van der Waals surface area contributed by atoms with Crippen LogP contribution in [0, 0.1) is 0 Å². The number of hydrogen-bond acceptors (Lipinski definition) is 4. The topological polar surface area (TPSA) is 75.7 Å². The van der Waals surface area contributed by atoms with Crippen LogP contribution in [-0.4, -0.2) is 25.2 Å². The number of carbonyl (C=O) groups excluding carboxylic acids is 1. The van der Waals surface area contributed by atoms with Crippen molar-refractivity contribution in [3.8, 4) is 11.5 Å². The lowest BCUT2D eigenvalue weighted by atomic mass is 10.2. The van der Waals surface area contributed by atoms with Crippen LogP contribution >= 0.6 is 39.1 Å². The molecular weight excluding hydrogens is 599 g/mol. The predicted molar refractivity (Wildman–Crippen MR) is 150 cm³/mol. The zero-order valence-corrected chi connectivity index (χ0v) is 23.2. The monoisotopic (exact) mass is 618 g/mol. The van der Waals surface area contributed by atoms with Crippen molar-refractivity contribution in [2.75, 3.05) is 11.9 Å². The van der Waals surface area contributed by atoms with Gasteiger partial charge in [-0.15, -0.1) is 0 Å². The molecule has 10 heteroatoms. The van der Waals surface area contributed by atoms with Gasteiger partial charge in [0.05, 0.1) is 17.1 Å². The van der Waals surface area contributed by atoms with Gasteiger partial charge in [-0.3, -0.25) is 4.79 Å². The first kappa shape index (κ1) is 27.2. The number of ether oxygens (including phenoxy) is 1. The Balaban J connectivity index is 1.61. The zero-order chi connectivity index (χ0) is 26.4. The SMILES string of the molecule is O=C(CN(Cc1ccccc1Cl)S(=O)(=O)c1ccc(Br)cc1)Nc1cc(Cl)ccc1Oc1ccccc1. The van der Waals surface area contributed by atoms with Gasteiger partial charge in [-0.1, -0.05) is 75.5 Å². The molecule has 4 aromatic rings. The molecular formula is C27H21BrCl2N2O4S. The Labute approximate surface area is 234 Å². The molecule has 0 heterocycles. The van der Waals surface area contributed by atoms with Gasteiger partial charge in [0.1, 0.15) is 5.75 Å². The molecule has 0 radical (unpaired) electrons. The summed E-state index contributed by atoms with van der Waals surface area (Å²) in [5, 5.41) is 3.52. The van der Waals surface area contributed by atoms with Crippen LogP contribution < -0.4 is 10.1 Å². The number of benzene rings is 4. The summed E-state index contributed by atoms with van der Waals surface area (Å²) in [5.41, 5.74) is 0.869. The minimum absolute atomic E-state index is 0.0476. The maximum Gasteiger partial charge on any atom is 0.243 e. The van der Waals surface area contributed by atoms with Crippen LogP contribution in [0.2, 0.25) is 10.0 Å². The minimum atomic E-state index is -4.05. The van der Waals surface area contributed by atoms with Gasteiger partial charge in [-0.2, -0.15) is 4.31 Å². The molecule has 0 aromatic heterocycles. The number of hydrogen-bond donors (Lipinski definition) is 1. The van der Waals surface area contributed by atoms with Crippen LogP contribution in [0.25, 0.3) is 0 Å². The van der Waals surface area contributed by atoms with Crippen molar-refractivity contribution in [3.05, 3.63) is 117 Å². The summed E-state index contributed by atoms with van der Waals surface area (Å²) in [6.07, 6.45) is 0. The van der Waals surface area contributed by atoms with Crippen molar-refractivity contribution in [1.82, 2.24) is 4.31 Å². The van der Waals surface area contributed by atoms with Gasteiger partial charge in [0.2, 0.25) is 15.9 Å². The summed E-state index contributed by atoms with van der Waals surface area (Å²) in [7, 11) is -4.05. The number of amides is 1. The molecule has 0 aliphatic heterocycles. The molecule has 4 aromatic carbocycles. The number of anilines is 1. The molecule has 0 aliphatic carbocycles. The third-order valence-electron chi connectivity index (χ3n) is 5.26. The van der Waals surface area contributed by atoms with Crippen LogP contribution in [0.15, 0.2) is 106 Å². The second-order valence-corrected chi connectivity index (χ2v) is 11.6. The van der Waals surface area contributed by atoms with Gasteiger partial charge in [-0.25, -0.2) is 8.42 Å². The number of rotatable bonds is 9. The molecule has 190 valence electrons. The predicted octanol–water partition coefficient (Wildman–Crippen LogP) is 7.38. The highest BCUT2D eigenvalue weighted by atomic mass is 79.9. The molecule has 0 fully saturated rings. The minimum Gasteiger partial charge on any atom is -0.455 e.